The third-order valence-electron chi connectivity index (χ3n) is 2.26. The molecule has 0 aliphatic heterocycles. The number of hydrogen-bond donors (Lipinski definition) is 1. The monoisotopic (exact) mass is 241 g/mol. The van der Waals surface area contributed by atoms with E-state index in [9.17, 15) is 9.18 Å². The van der Waals surface area contributed by atoms with Gasteiger partial charge in [-0.1, -0.05) is 0 Å². The molecule has 2 aromatic rings. The van der Waals surface area contributed by atoms with Crippen LogP contribution in [0.15, 0.2) is 42.6 Å². The van der Waals surface area contributed by atoms with Gasteiger partial charge in [-0.05, 0) is 36.4 Å². The van der Waals surface area contributed by atoms with Crippen molar-refractivity contribution in [2.45, 2.75) is 0 Å². The van der Waals surface area contributed by atoms with Crippen LogP contribution in [0.2, 0.25) is 0 Å². The fourth-order valence-electron chi connectivity index (χ4n) is 1.34. The number of hydrogen-bond acceptors (Lipinski definition) is 3. The van der Waals surface area contributed by atoms with E-state index in [0.29, 0.717) is 11.3 Å². The topological polar surface area (TPSA) is 65.8 Å². The van der Waals surface area contributed by atoms with Crippen molar-refractivity contribution < 1.29 is 9.18 Å². The van der Waals surface area contributed by atoms with Gasteiger partial charge in [0.2, 0.25) is 5.95 Å². The molecule has 0 fully saturated rings. The van der Waals surface area contributed by atoms with Crippen LogP contribution < -0.4 is 5.32 Å². The Balaban J connectivity index is 2.11. The van der Waals surface area contributed by atoms with Crippen LogP contribution in [-0.2, 0) is 0 Å². The molecule has 0 atom stereocenters. The third kappa shape index (κ3) is 2.68. The summed E-state index contributed by atoms with van der Waals surface area (Å²) in [5.74, 6) is -1.02. The average molecular weight is 241 g/mol. The molecule has 2 rings (SSSR count). The molecular weight excluding hydrogens is 233 g/mol. The summed E-state index contributed by atoms with van der Waals surface area (Å²) in [7, 11) is 0. The average Bonchev–Trinajstić information content (AvgIpc) is 2.40. The number of aromatic nitrogens is 1. The summed E-state index contributed by atoms with van der Waals surface area (Å²) in [4.78, 5) is 15.1. The first-order valence-electron chi connectivity index (χ1n) is 5.12. The van der Waals surface area contributed by atoms with Gasteiger partial charge in [0.25, 0.3) is 5.91 Å². The number of nitriles is 1. The fraction of sp³-hybridized carbons (Fsp3) is 0. The fourth-order valence-corrected chi connectivity index (χ4v) is 1.34. The number of carbonyl (C=O) groups is 1. The Morgan fingerprint density at radius 2 is 1.94 bits per heavy atom. The molecule has 88 valence electrons. The van der Waals surface area contributed by atoms with E-state index in [2.05, 4.69) is 10.3 Å². The van der Waals surface area contributed by atoms with Crippen molar-refractivity contribution in [1.29, 1.82) is 5.26 Å². The molecule has 0 saturated heterocycles. The summed E-state index contributed by atoms with van der Waals surface area (Å²) in [5.41, 5.74) is 1.33. The highest BCUT2D eigenvalue weighted by atomic mass is 19.1. The molecule has 1 amide bonds. The van der Waals surface area contributed by atoms with E-state index < -0.39 is 5.95 Å². The number of halogens is 1. The molecule has 5 heteroatoms. The zero-order valence-electron chi connectivity index (χ0n) is 9.22. The maximum absolute atomic E-state index is 12.6. The molecule has 0 spiro atoms. The molecule has 1 aromatic carbocycles. The van der Waals surface area contributed by atoms with Crippen molar-refractivity contribution in [3.8, 4) is 6.07 Å². The Morgan fingerprint density at radius 1 is 1.22 bits per heavy atom. The lowest BCUT2D eigenvalue weighted by Gasteiger charge is -2.04. The van der Waals surface area contributed by atoms with E-state index in [1.54, 1.807) is 24.3 Å². The molecule has 0 saturated carbocycles. The van der Waals surface area contributed by atoms with Crippen molar-refractivity contribution in [2.75, 3.05) is 5.32 Å². The molecule has 0 unspecified atom stereocenters. The van der Waals surface area contributed by atoms with Crippen molar-refractivity contribution >= 4 is 11.6 Å². The molecule has 4 nitrogen and oxygen atoms in total. The van der Waals surface area contributed by atoms with E-state index in [1.165, 1.54) is 6.07 Å². The van der Waals surface area contributed by atoms with Gasteiger partial charge < -0.3 is 5.32 Å². The van der Waals surface area contributed by atoms with Gasteiger partial charge in [0, 0.05) is 11.9 Å². The van der Waals surface area contributed by atoms with Crippen molar-refractivity contribution in [1.82, 2.24) is 4.98 Å². The van der Waals surface area contributed by atoms with E-state index in [4.69, 9.17) is 5.26 Å². The summed E-state index contributed by atoms with van der Waals surface area (Å²) in [6, 6.07) is 10.9. The highest BCUT2D eigenvalue weighted by Gasteiger charge is 2.06. The minimum absolute atomic E-state index is 0.265. The first kappa shape index (κ1) is 11.7. The highest BCUT2D eigenvalue weighted by Crippen LogP contribution is 2.10. The molecule has 0 aliphatic rings. The van der Waals surface area contributed by atoms with Gasteiger partial charge in [-0.15, -0.1) is 0 Å². The molecular formula is C13H8FN3O. The van der Waals surface area contributed by atoms with Crippen LogP contribution in [-0.4, -0.2) is 10.9 Å². The Hall–Kier alpha value is -2.74. The van der Waals surface area contributed by atoms with Gasteiger partial charge in [0.1, 0.15) is 0 Å². The van der Waals surface area contributed by atoms with E-state index in [-0.39, 0.29) is 11.5 Å². The predicted molar refractivity (Wildman–Crippen MR) is 63.3 cm³/mol. The zero-order valence-corrected chi connectivity index (χ0v) is 9.22. The maximum Gasteiger partial charge on any atom is 0.257 e. The van der Waals surface area contributed by atoms with E-state index >= 15 is 0 Å². The third-order valence-corrected chi connectivity index (χ3v) is 2.26. The van der Waals surface area contributed by atoms with Gasteiger partial charge in [-0.25, -0.2) is 4.98 Å². The van der Waals surface area contributed by atoms with Gasteiger partial charge in [-0.2, -0.15) is 9.65 Å². The summed E-state index contributed by atoms with van der Waals surface area (Å²) >= 11 is 0. The van der Waals surface area contributed by atoms with Crippen LogP contribution in [0.1, 0.15) is 15.9 Å². The molecule has 0 bridgehead atoms. The van der Waals surface area contributed by atoms with Gasteiger partial charge in [0.05, 0.1) is 17.2 Å². The Kier molecular flexibility index (Phi) is 3.30. The minimum Gasteiger partial charge on any atom is -0.322 e. The first-order valence-corrected chi connectivity index (χ1v) is 5.12. The summed E-state index contributed by atoms with van der Waals surface area (Å²) in [5, 5.41) is 11.3. The summed E-state index contributed by atoms with van der Waals surface area (Å²) < 4.78 is 12.6. The lowest BCUT2D eigenvalue weighted by molar-refractivity contribution is 0.102. The quantitative estimate of drug-likeness (QED) is 0.820. The SMILES string of the molecule is N#Cc1ccc(NC(=O)c2ccc(F)nc2)cc1. The Bertz CT molecular complexity index is 600. The molecule has 1 aromatic heterocycles. The molecule has 1 heterocycles. The molecule has 18 heavy (non-hydrogen) atoms. The first-order chi connectivity index (χ1) is 8.69. The van der Waals surface area contributed by atoms with Crippen LogP contribution in [0.4, 0.5) is 10.1 Å². The molecule has 0 aliphatic carbocycles. The van der Waals surface area contributed by atoms with Crippen molar-refractivity contribution in [3.63, 3.8) is 0 Å². The van der Waals surface area contributed by atoms with Gasteiger partial charge in [-0.3, -0.25) is 4.79 Å². The van der Waals surface area contributed by atoms with E-state index in [0.717, 1.165) is 12.3 Å². The second-order valence-corrected chi connectivity index (χ2v) is 3.51. The standard InChI is InChI=1S/C13H8FN3O/c14-12-6-3-10(8-16-12)13(18)17-11-4-1-9(7-15)2-5-11/h1-6,8H,(H,17,18). The number of nitrogens with zero attached hydrogens (tertiary/aromatic N) is 2. The number of anilines is 1. The smallest absolute Gasteiger partial charge is 0.257 e. The maximum atomic E-state index is 12.6. The predicted octanol–water partition coefficient (Wildman–Crippen LogP) is 2.34. The second kappa shape index (κ2) is 5.06. The Labute approximate surface area is 103 Å². The van der Waals surface area contributed by atoms with E-state index in [1.807, 2.05) is 6.07 Å². The zero-order chi connectivity index (χ0) is 13.0. The summed E-state index contributed by atoms with van der Waals surface area (Å²) in [6.45, 7) is 0. The van der Waals surface area contributed by atoms with Gasteiger partial charge in [0.15, 0.2) is 0 Å². The van der Waals surface area contributed by atoms with Crippen LogP contribution in [0.25, 0.3) is 0 Å². The minimum atomic E-state index is -0.634. The Morgan fingerprint density at radius 3 is 2.50 bits per heavy atom. The van der Waals surface area contributed by atoms with Crippen LogP contribution in [0.5, 0.6) is 0 Å². The van der Waals surface area contributed by atoms with Crippen molar-refractivity contribution in [2.24, 2.45) is 0 Å². The van der Waals surface area contributed by atoms with Crippen LogP contribution >= 0.6 is 0 Å². The van der Waals surface area contributed by atoms with Crippen LogP contribution in [0, 0.1) is 17.3 Å². The number of benzene rings is 1. The van der Waals surface area contributed by atoms with Crippen LogP contribution in [0.3, 0.4) is 0 Å². The largest absolute Gasteiger partial charge is 0.322 e. The molecule has 1 N–H and O–H groups in total. The highest BCUT2D eigenvalue weighted by molar-refractivity contribution is 6.04. The number of pyridine rings is 1. The number of carbonyl (C=O) groups excluding carboxylic acids is 1. The number of amides is 1. The normalized spacial score (nSPS) is 9.56. The number of rotatable bonds is 2. The van der Waals surface area contributed by atoms with Gasteiger partial charge >= 0.3 is 0 Å². The second-order valence-electron chi connectivity index (χ2n) is 3.51. The lowest BCUT2D eigenvalue weighted by atomic mass is 10.2. The lowest BCUT2D eigenvalue weighted by Crippen LogP contribution is -2.12. The summed E-state index contributed by atoms with van der Waals surface area (Å²) in [6.07, 6.45) is 1.16. The van der Waals surface area contributed by atoms with Crippen molar-refractivity contribution in [3.05, 3.63) is 59.7 Å². The molecule has 0 radical (unpaired) electrons. The number of nitrogens with one attached hydrogen (secondary N) is 1.